The molecule has 0 aromatic carbocycles. The summed E-state index contributed by atoms with van der Waals surface area (Å²) >= 11 is 0. The third-order valence-corrected chi connectivity index (χ3v) is 5.61. The number of nitrogens with zero attached hydrogens (tertiary/aromatic N) is 1. The molecule has 2 heterocycles. The zero-order valence-corrected chi connectivity index (χ0v) is 13.2. The third kappa shape index (κ3) is 2.56. The minimum atomic E-state index is -0.216. The number of rotatable bonds is 3. The van der Waals surface area contributed by atoms with Crippen LogP contribution < -0.4 is 10.6 Å². The predicted octanol–water partition coefficient (Wildman–Crippen LogP) is 0.892. The van der Waals surface area contributed by atoms with Gasteiger partial charge < -0.3 is 15.5 Å². The van der Waals surface area contributed by atoms with Crippen LogP contribution >= 0.6 is 0 Å². The van der Waals surface area contributed by atoms with Gasteiger partial charge in [-0.15, -0.1) is 0 Å². The van der Waals surface area contributed by atoms with E-state index in [9.17, 15) is 9.59 Å². The van der Waals surface area contributed by atoms with Crippen LogP contribution in [0.5, 0.6) is 0 Å². The maximum Gasteiger partial charge on any atom is 0.228 e. The summed E-state index contributed by atoms with van der Waals surface area (Å²) in [5.74, 6) is 0.822. The summed E-state index contributed by atoms with van der Waals surface area (Å²) in [6.07, 6.45) is 4.99. The lowest BCUT2D eigenvalue weighted by atomic mass is 9.67. The van der Waals surface area contributed by atoms with Crippen LogP contribution in [-0.4, -0.2) is 48.4 Å². The SMILES string of the molecule is CC(C)N1CC(NC(=O)[C@@]23CCCC[C@H]2CNC3)CC1=O. The molecule has 2 N–H and O–H groups in total. The molecule has 0 spiro atoms. The topological polar surface area (TPSA) is 61.4 Å². The third-order valence-electron chi connectivity index (χ3n) is 5.61. The molecule has 2 saturated heterocycles. The number of hydrogen-bond acceptors (Lipinski definition) is 3. The molecule has 2 amide bonds. The molecule has 3 rings (SSSR count). The van der Waals surface area contributed by atoms with Gasteiger partial charge in [0.05, 0.1) is 11.5 Å². The Balaban J connectivity index is 1.65. The van der Waals surface area contributed by atoms with E-state index in [2.05, 4.69) is 10.6 Å². The summed E-state index contributed by atoms with van der Waals surface area (Å²) in [6.45, 7) is 6.49. The van der Waals surface area contributed by atoms with Crippen LogP contribution in [0.1, 0.15) is 46.0 Å². The van der Waals surface area contributed by atoms with E-state index in [4.69, 9.17) is 0 Å². The number of likely N-dealkylation sites (tertiary alicyclic amines) is 1. The van der Waals surface area contributed by atoms with Gasteiger partial charge in [-0.25, -0.2) is 0 Å². The van der Waals surface area contributed by atoms with Crippen molar-refractivity contribution in [2.45, 2.75) is 58.0 Å². The first kappa shape index (κ1) is 14.8. The van der Waals surface area contributed by atoms with Crippen LogP contribution in [0.2, 0.25) is 0 Å². The molecule has 1 saturated carbocycles. The standard InChI is InChI=1S/C16H27N3O2/c1-11(2)19-9-13(7-14(19)20)18-15(21)16-6-4-3-5-12(16)8-17-10-16/h11-13,17H,3-10H2,1-2H3,(H,18,21)/t12-,13?,16+/m0/s1. The summed E-state index contributed by atoms with van der Waals surface area (Å²) in [5, 5.41) is 6.59. The van der Waals surface area contributed by atoms with Crippen LogP contribution in [0.15, 0.2) is 0 Å². The highest BCUT2D eigenvalue weighted by Gasteiger charge is 2.50. The second kappa shape index (κ2) is 5.59. The first-order valence-electron chi connectivity index (χ1n) is 8.34. The molecule has 1 aliphatic carbocycles. The number of hydrogen-bond donors (Lipinski definition) is 2. The average molecular weight is 293 g/mol. The first-order chi connectivity index (χ1) is 10.0. The molecule has 1 unspecified atom stereocenters. The van der Waals surface area contributed by atoms with E-state index in [0.717, 1.165) is 32.4 Å². The summed E-state index contributed by atoms with van der Waals surface area (Å²) in [4.78, 5) is 26.7. The van der Waals surface area contributed by atoms with Gasteiger partial charge >= 0.3 is 0 Å². The summed E-state index contributed by atoms with van der Waals surface area (Å²) in [5.41, 5.74) is -0.216. The molecule has 3 atom stereocenters. The van der Waals surface area contributed by atoms with Gasteiger partial charge in [-0.1, -0.05) is 12.8 Å². The van der Waals surface area contributed by atoms with E-state index in [1.54, 1.807) is 0 Å². The van der Waals surface area contributed by atoms with E-state index in [0.29, 0.717) is 18.9 Å². The van der Waals surface area contributed by atoms with Crippen LogP contribution in [-0.2, 0) is 9.59 Å². The quantitative estimate of drug-likeness (QED) is 0.812. The number of fused-ring (bicyclic) bond motifs is 1. The van der Waals surface area contributed by atoms with E-state index in [1.165, 1.54) is 6.42 Å². The largest absolute Gasteiger partial charge is 0.351 e. The number of carbonyl (C=O) groups excluding carboxylic acids is 2. The van der Waals surface area contributed by atoms with Crippen molar-refractivity contribution in [3.05, 3.63) is 0 Å². The van der Waals surface area contributed by atoms with Crippen molar-refractivity contribution in [3.63, 3.8) is 0 Å². The normalized spacial score (nSPS) is 36.1. The first-order valence-corrected chi connectivity index (χ1v) is 8.34. The van der Waals surface area contributed by atoms with Gasteiger partial charge in [0.15, 0.2) is 0 Å². The molecule has 0 aromatic rings. The van der Waals surface area contributed by atoms with E-state index in [1.807, 2.05) is 18.7 Å². The van der Waals surface area contributed by atoms with Gasteiger partial charge in [0.25, 0.3) is 0 Å². The van der Waals surface area contributed by atoms with Gasteiger partial charge in [0.1, 0.15) is 0 Å². The highest BCUT2D eigenvalue weighted by Crippen LogP contribution is 2.44. The van der Waals surface area contributed by atoms with Gasteiger partial charge in [-0.05, 0) is 39.2 Å². The van der Waals surface area contributed by atoms with E-state index in [-0.39, 0.29) is 29.3 Å². The van der Waals surface area contributed by atoms with Crippen molar-refractivity contribution in [1.29, 1.82) is 0 Å². The number of amides is 2. The van der Waals surface area contributed by atoms with Gasteiger partial charge in [0.2, 0.25) is 11.8 Å². The lowest BCUT2D eigenvalue weighted by Crippen LogP contribution is -2.51. The van der Waals surface area contributed by atoms with E-state index >= 15 is 0 Å². The Morgan fingerprint density at radius 2 is 2.24 bits per heavy atom. The number of carbonyl (C=O) groups is 2. The fourth-order valence-corrected chi connectivity index (χ4v) is 4.35. The fraction of sp³-hybridized carbons (Fsp3) is 0.875. The maximum atomic E-state index is 12.9. The minimum Gasteiger partial charge on any atom is -0.351 e. The molecule has 3 aliphatic rings. The molecule has 2 aliphatic heterocycles. The molecule has 5 heteroatoms. The molecular weight excluding hydrogens is 266 g/mol. The predicted molar refractivity (Wildman–Crippen MR) is 80.7 cm³/mol. The molecule has 0 aromatic heterocycles. The Bertz CT molecular complexity index is 437. The Morgan fingerprint density at radius 1 is 1.43 bits per heavy atom. The summed E-state index contributed by atoms with van der Waals surface area (Å²) in [6, 6.07) is 0.207. The van der Waals surface area contributed by atoms with Crippen molar-refractivity contribution >= 4 is 11.8 Å². The zero-order chi connectivity index (χ0) is 15.0. The van der Waals surface area contributed by atoms with Crippen molar-refractivity contribution < 1.29 is 9.59 Å². The minimum absolute atomic E-state index is 0.00930. The Hall–Kier alpha value is -1.10. The summed E-state index contributed by atoms with van der Waals surface area (Å²) < 4.78 is 0. The second-order valence-electron chi connectivity index (χ2n) is 7.24. The molecule has 21 heavy (non-hydrogen) atoms. The van der Waals surface area contributed by atoms with E-state index < -0.39 is 0 Å². The van der Waals surface area contributed by atoms with Gasteiger partial charge in [-0.2, -0.15) is 0 Å². The Morgan fingerprint density at radius 3 is 2.95 bits per heavy atom. The summed E-state index contributed by atoms with van der Waals surface area (Å²) in [7, 11) is 0. The molecular formula is C16H27N3O2. The molecule has 3 fully saturated rings. The zero-order valence-electron chi connectivity index (χ0n) is 13.2. The second-order valence-corrected chi connectivity index (χ2v) is 7.24. The van der Waals surface area contributed by atoms with Gasteiger partial charge in [-0.3, -0.25) is 9.59 Å². The van der Waals surface area contributed by atoms with Crippen LogP contribution in [0, 0.1) is 11.3 Å². The molecule has 0 radical (unpaired) electrons. The lowest BCUT2D eigenvalue weighted by Gasteiger charge is -2.37. The Kier molecular flexibility index (Phi) is 3.95. The van der Waals surface area contributed by atoms with Crippen molar-refractivity contribution in [1.82, 2.24) is 15.5 Å². The lowest BCUT2D eigenvalue weighted by molar-refractivity contribution is -0.134. The monoisotopic (exact) mass is 293 g/mol. The fourth-order valence-electron chi connectivity index (χ4n) is 4.35. The van der Waals surface area contributed by atoms with Crippen LogP contribution in [0.25, 0.3) is 0 Å². The highest BCUT2D eigenvalue weighted by atomic mass is 16.2. The average Bonchev–Trinajstić information content (AvgIpc) is 3.02. The molecule has 118 valence electrons. The van der Waals surface area contributed by atoms with Crippen LogP contribution in [0.4, 0.5) is 0 Å². The van der Waals surface area contributed by atoms with Crippen molar-refractivity contribution in [2.24, 2.45) is 11.3 Å². The van der Waals surface area contributed by atoms with Gasteiger partial charge in [0, 0.05) is 25.6 Å². The van der Waals surface area contributed by atoms with Crippen LogP contribution in [0.3, 0.4) is 0 Å². The smallest absolute Gasteiger partial charge is 0.228 e. The molecule has 5 nitrogen and oxygen atoms in total. The maximum absolute atomic E-state index is 12.9. The highest BCUT2D eigenvalue weighted by molar-refractivity contribution is 5.86. The van der Waals surface area contributed by atoms with Crippen molar-refractivity contribution in [2.75, 3.05) is 19.6 Å². The van der Waals surface area contributed by atoms with Crippen molar-refractivity contribution in [3.8, 4) is 0 Å². The number of nitrogens with one attached hydrogen (secondary N) is 2. The Labute approximate surface area is 126 Å². The molecule has 0 bridgehead atoms.